The number of hydrogen-bond donors (Lipinski definition) is 2. The van der Waals surface area contributed by atoms with Gasteiger partial charge >= 0.3 is 0 Å². The summed E-state index contributed by atoms with van der Waals surface area (Å²) in [5, 5.41) is 0. The molecule has 0 aliphatic rings. The monoisotopic (exact) mass is 239 g/mol. The molecule has 1 aromatic heterocycles. The summed E-state index contributed by atoms with van der Waals surface area (Å²) in [6.45, 7) is 0. The van der Waals surface area contributed by atoms with E-state index in [4.69, 9.17) is 4.84 Å². The van der Waals surface area contributed by atoms with Crippen molar-refractivity contribution in [1.82, 2.24) is 15.4 Å². The van der Waals surface area contributed by atoms with Crippen molar-refractivity contribution in [3.63, 3.8) is 0 Å². The van der Waals surface area contributed by atoms with E-state index in [-0.39, 0.29) is 0 Å². The lowest BCUT2D eigenvalue weighted by Crippen LogP contribution is -2.11. The van der Waals surface area contributed by atoms with Gasteiger partial charge in [-0.05, 0) is 24.3 Å². The standard InChI is InChI=1S/C14H13N3O/c1-15-18-13-9-5-2-6-10(13)14-16-11-7-3-4-8-12(11)17-14/h2-9,15H,1H3,(H,16,17). The maximum absolute atomic E-state index is 5.38. The summed E-state index contributed by atoms with van der Waals surface area (Å²) in [7, 11) is 1.73. The molecule has 0 fully saturated rings. The fraction of sp³-hybridized carbons (Fsp3) is 0.0714. The summed E-state index contributed by atoms with van der Waals surface area (Å²) in [5.74, 6) is 1.56. The van der Waals surface area contributed by atoms with Crippen LogP contribution < -0.4 is 10.3 Å². The number of fused-ring (bicyclic) bond motifs is 1. The zero-order valence-corrected chi connectivity index (χ0v) is 9.97. The fourth-order valence-electron chi connectivity index (χ4n) is 1.94. The number of benzene rings is 2. The number of aromatic nitrogens is 2. The molecule has 0 spiro atoms. The number of para-hydroxylation sites is 3. The molecule has 0 amide bonds. The number of aromatic amines is 1. The zero-order valence-electron chi connectivity index (χ0n) is 9.97. The minimum absolute atomic E-state index is 0.749. The molecule has 18 heavy (non-hydrogen) atoms. The largest absolute Gasteiger partial charge is 0.408 e. The maximum Gasteiger partial charge on any atom is 0.158 e. The van der Waals surface area contributed by atoms with E-state index in [1.54, 1.807) is 7.05 Å². The Morgan fingerprint density at radius 2 is 1.83 bits per heavy atom. The van der Waals surface area contributed by atoms with Crippen LogP contribution in [0.2, 0.25) is 0 Å². The van der Waals surface area contributed by atoms with Crippen LogP contribution in [0.3, 0.4) is 0 Å². The Morgan fingerprint density at radius 3 is 2.67 bits per heavy atom. The van der Waals surface area contributed by atoms with E-state index >= 15 is 0 Å². The minimum atomic E-state index is 0.749. The Kier molecular flexibility index (Phi) is 2.70. The molecule has 4 nitrogen and oxygen atoms in total. The van der Waals surface area contributed by atoms with Gasteiger partial charge in [-0.15, -0.1) is 0 Å². The van der Waals surface area contributed by atoms with Crippen LogP contribution >= 0.6 is 0 Å². The van der Waals surface area contributed by atoms with Crippen LogP contribution in [0.1, 0.15) is 0 Å². The van der Waals surface area contributed by atoms with E-state index in [9.17, 15) is 0 Å². The molecule has 3 aromatic rings. The third-order valence-corrected chi connectivity index (χ3v) is 2.74. The second kappa shape index (κ2) is 4.50. The van der Waals surface area contributed by atoms with Crippen molar-refractivity contribution in [3.05, 3.63) is 48.5 Å². The van der Waals surface area contributed by atoms with Gasteiger partial charge in [0.15, 0.2) is 5.75 Å². The Labute approximate surface area is 105 Å². The molecule has 2 aromatic carbocycles. The van der Waals surface area contributed by atoms with Crippen LogP contribution in [0.4, 0.5) is 0 Å². The summed E-state index contributed by atoms with van der Waals surface area (Å²) in [4.78, 5) is 13.2. The number of nitrogens with one attached hydrogen (secondary N) is 2. The zero-order chi connectivity index (χ0) is 12.4. The molecule has 0 unspecified atom stereocenters. The topological polar surface area (TPSA) is 49.9 Å². The van der Waals surface area contributed by atoms with E-state index in [0.29, 0.717) is 0 Å². The van der Waals surface area contributed by atoms with Gasteiger partial charge in [-0.1, -0.05) is 24.3 Å². The SMILES string of the molecule is CNOc1ccccc1-c1nc2ccccc2[nH]1. The Hall–Kier alpha value is -2.33. The highest BCUT2D eigenvalue weighted by Crippen LogP contribution is 2.28. The highest BCUT2D eigenvalue weighted by molar-refractivity contribution is 5.80. The number of H-pyrrole nitrogens is 1. The van der Waals surface area contributed by atoms with Gasteiger partial charge in [0.1, 0.15) is 5.82 Å². The van der Waals surface area contributed by atoms with Crippen LogP contribution in [0.15, 0.2) is 48.5 Å². The normalized spacial score (nSPS) is 10.7. The first kappa shape index (κ1) is 10.8. The first-order valence-corrected chi connectivity index (χ1v) is 5.76. The van der Waals surface area contributed by atoms with Gasteiger partial charge in [-0.2, -0.15) is 5.48 Å². The third kappa shape index (κ3) is 1.83. The molecule has 0 bridgehead atoms. The van der Waals surface area contributed by atoms with Crippen molar-refractivity contribution >= 4 is 11.0 Å². The fourth-order valence-corrected chi connectivity index (χ4v) is 1.94. The Balaban J connectivity index is 2.13. The average molecular weight is 239 g/mol. The quantitative estimate of drug-likeness (QED) is 0.691. The number of nitrogens with zero attached hydrogens (tertiary/aromatic N) is 1. The first-order valence-electron chi connectivity index (χ1n) is 5.76. The molecule has 0 saturated carbocycles. The third-order valence-electron chi connectivity index (χ3n) is 2.74. The van der Waals surface area contributed by atoms with Crippen LogP contribution in [-0.4, -0.2) is 17.0 Å². The highest BCUT2D eigenvalue weighted by atomic mass is 16.6. The van der Waals surface area contributed by atoms with Crippen molar-refractivity contribution in [3.8, 4) is 17.1 Å². The van der Waals surface area contributed by atoms with Crippen molar-refractivity contribution in [2.45, 2.75) is 0 Å². The smallest absolute Gasteiger partial charge is 0.158 e. The van der Waals surface area contributed by atoms with E-state index in [1.165, 1.54) is 0 Å². The summed E-state index contributed by atoms with van der Waals surface area (Å²) >= 11 is 0. The molecule has 3 rings (SSSR count). The van der Waals surface area contributed by atoms with E-state index in [0.717, 1.165) is 28.2 Å². The van der Waals surface area contributed by atoms with Crippen LogP contribution in [0, 0.1) is 0 Å². The van der Waals surface area contributed by atoms with Crippen LogP contribution in [0.25, 0.3) is 22.4 Å². The molecule has 0 saturated heterocycles. The van der Waals surface area contributed by atoms with Gasteiger partial charge in [0.05, 0.1) is 16.6 Å². The van der Waals surface area contributed by atoms with E-state index in [2.05, 4.69) is 15.4 Å². The van der Waals surface area contributed by atoms with Crippen molar-refractivity contribution in [2.24, 2.45) is 0 Å². The van der Waals surface area contributed by atoms with Gasteiger partial charge in [0, 0.05) is 7.05 Å². The van der Waals surface area contributed by atoms with Crippen molar-refractivity contribution in [2.75, 3.05) is 7.05 Å². The van der Waals surface area contributed by atoms with E-state index in [1.807, 2.05) is 48.5 Å². The summed E-state index contributed by atoms with van der Waals surface area (Å²) in [6, 6.07) is 15.7. The summed E-state index contributed by atoms with van der Waals surface area (Å²) in [6.07, 6.45) is 0. The minimum Gasteiger partial charge on any atom is -0.408 e. The predicted octanol–water partition coefficient (Wildman–Crippen LogP) is 2.74. The number of imidazole rings is 1. The molecule has 0 atom stereocenters. The highest BCUT2D eigenvalue weighted by Gasteiger charge is 2.10. The lowest BCUT2D eigenvalue weighted by atomic mass is 10.2. The van der Waals surface area contributed by atoms with Crippen LogP contribution in [-0.2, 0) is 0 Å². The molecule has 2 N–H and O–H groups in total. The summed E-state index contributed by atoms with van der Waals surface area (Å²) in [5.41, 5.74) is 5.59. The lowest BCUT2D eigenvalue weighted by Gasteiger charge is -2.06. The van der Waals surface area contributed by atoms with Gasteiger partial charge in [-0.3, -0.25) is 0 Å². The predicted molar refractivity (Wildman–Crippen MR) is 71.2 cm³/mol. The molecule has 1 heterocycles. The number of hydrogen-bond acceptors (Lipinski definition) is 3. The molecule has 90 valence electrons. The van der Waals surface area contributed by atoms with Crippen molar-refractivity contribution in [1.29, 1.82) is 0 Å². The second-order valence-electron chi connectivity index (χ2n) is 3.90. The first-order chi connectivity index (χ1) is 8.88. The molecular weight excluding hydrogens is 226 g/mol. The number of rotatable bonds is 3. The second-order valence-corrected chi connectivity index (χ2v) is 3.90. The molecule has 0 aliphatic heterocycles. The summed E-state index contributed by atoms with van der Waals surface area (Å²) < 4.78 is 0. The Morgan fingerprint density at radius 1 is 1.06 bits per heavy atom. The molecule has 0 radical (unpaired) electrons. The van der Waals surface area contributed by atoms with Gasteiger partial charge in [0.25, 0.3) is 0 Å². The lowest BCUT2D eigenvalue weighted by molar-refractivity contribution is 0.225. The van der Waals surface area contributed by atoms with Crippen molar-refractivity contribution < 1.29 is 4.84 Å². The molecule has 0 aliphatic carbocycles. The van der Waals surface area contributed by atoms with Crippen LogP contribution in [0.5, 0.6) is 5.75 Å². The maximum atomic E-state index is 5.38. The number of hydroxylamine groups is 1. The van der Waals surface area contributed by atoms with Gasteiger partial charge in [0.2, 0.25) is 0 Å². The molecular formula is C14H13N3O. The Bertz CT molecular complexity index is 642. The van der Waals surface area contributed by atoms with Gasteiger partial charge in [-0.25, -0.2) is 4.98 Å². The van der Waals surface area contributed by atoms with E-state index < -0.39 is 0 Å². The average Bonchev–Trinajstić information content (AvgIpc) is 2.83. The molecule has 4 heteroatoms. The van der Waals surface area contributed by atoms with Gasteiger partial charge < -0.3 is 9.82 Å².